The van der Waals surface area contributed by atoms with Gasteiger partial charge in [-0.05, 0) is 63.0 Å². The number of carbonyl (C=O) groups is 1. The van der Waals surface area contributed by atoms with Crippen LogP contribution in [-0.4, -0.2) is 42.7 Å². The lowest BCUT2D eigenvalue weighted by atomic mass is 10.2. The zero-order chi connectivity index (χ0) is 16.3. The van der Waals surface area contributed by atoms with Crippen LogP contribution in [0.1, 0.15) is 36.8 Å². The molecule has 4 nitrogen and oxygen atoms in total. The van der Waals surface area contributed by atoms with Gasteiger partial charge in [-0.25, -0.2) is 0 Å². The molecule has 0 spiro atoms. The van der Waals surface area contributed by atoms with E-state index in [0.717, 1.165) is 24.3 Å². The third-order valence-corrected chi connectivity index (χ3v) is 5.01. The Kier molecular flexibility index (Phi) is 7.99. The molecule has 1 aliphatic rings. The van der Waals surface area contributed by atoms with Crippen LogP contribution in [-0.2, 0) is 10.5 Å². The minimum atomic E-state index is 0.116. The summed E-state index contributed by atoms with van der Waals surface area (Å²) in [5.74, 6) is 1.41. The molecule has 1 aromatic carbocycles. The summed E-state index contributed by atoms with van der Waals surface area (Å²) in [5, 5.41) is 11.7. The largest absolute Gasteiger partial charge is 0.355 e. The van der Waals surface area contributed by atoms with E-state index >= 15 is 0 Å². The van der Waals surface area contributed by atoms with Gasteiger partial charge in [0.15, 0.2) is 0 Å². The summed E-state index contributed by atoms with van der Waals surface area (Å²) in [7, 11) is 0. The topological polar surface area (TPSA) is 56.1 Å². The van der Waals surface area contributed by atoms with Crippen LogP contribution >= 0.6 is 11.8 Å². The summed E-state index contributed by atoms with van der Waals surface area (Å²) in [6.45, 7) is 4.45. The van der Waals surface area contributed by atoms with Crippen LogP contribution < -0.4 is 5.32 Å². The summed E-state index contributed by atoms with van der Waals surface area (Å²) in [6.07, 6.45) is 4.90. The van der Waals surface area contributed by atoms with Crippen molar-refractivity contribution >= 4 is 17.7 Å². The van der Waals surface area contributed by atoms with Crippen LogP contribution in [0.3, 0.4) is 0 Å². The average Bonchev–Trinajstić information content (AvgIpc) is 3.08. The lowest BCUT2D eigenvalue weighted by Gasteiger charge is -2.13. The highest BCUT2D eigenvalue weighted by molar-refractivity contribution is 7.99. The van der Waals surface area contributed by atoms with Crippen molar-refractivity contribution < 1.29 is 4.79 Å². The number of benzene rings is 1. The number of unbranched alkanes of at least 4 members (excludes halogenated alkanes) is 1. The Balaban J connectivity index is 1.48. The first kappa shape index (κ1) is 17.8. The molecule has 1 heterocycles. The second-order valence-electron chi connectivity index (χ2n) is 5.91. The SMILES string of the molecule is N#Cc1ccc(CSCC(=O)NCCCCN2CCCC2)cc1. The van der Waals surface area contributed by atoms with Crippen LogP contribution in [0.25, 0.3) is 0 Å². The first-order valence-electron chi connectivity index (χ1n) is 8.34. The Morgan fingerprint density at radius 1 is 1.22 bits per heavy atom. The van der Waals surface area contributed by atoms with Crippen molar-refractivity contribution in [1.82, 2.24) is 10.2 Å². The van der Waals surface area contributed by atoms with Crippen molar-refractivity contribution in [3.63, 3.8) is 0 Å². The fourth-order valence-corrected chi connectivity index (χ4v) is 3.50. The van der Waals surface area contributed by atoms with E-state index in [-0.39, 0.29) is 5.91 Å². The van der Waals surface area contributed by atoms with E-state index in [9.17, 15) is 4.79 Å². The first-order chi connectivity index (χ1) is 11.3. The summed E-state index contributed by atoms with van der Waals surface area (Å²) < 4.78 is 0. The standard InChI is InChI=1S/C18H25N3OS/c19-13-16-5-7-17(8-6-16)14-23-15-18(22)20-9-1-2-10-21-11-3-4-12-21/h5-8H,1-4,9-12,14-15H2,(H,20,22). The number of thioether (sulfide) groups is 1. The molecule has 1 aliphatic heterocycles. The van der Waals surface area contributed by atoms with Crippen LogP contribution in [0.5, 0.6) is 0 Å². The van der Waals surface area contributed by atoms with Crippen LogP contribution in [0.2, 0.25) is 0 Å². The lowest BCUT2D eigenvalue weighted by molar-refractivity contribution is -0.118. The van der Waals surface area contributed by atoms with E-state index in [1.54, 1.807) is 11.8 Å². The number of amides is 1. The maximum atomic E-state index is 11.8. The summed E-state index contributed by atoms with van der Waals surface area (Å²) >= 11 is 1.61. The van der Waals surface area contributed by atoms with Crippen molar-refractivity contribution in [1.29, 1.82) is 5.26 Å². The molecule has 1 saturated heterocycles. The number of rotatable bonds is 9. The molecule has 0 aromatic heterocycles. The quantitative estimate of drug-likeness (QED) is 0.707. The van der Waals surface area contributed by atoms with E-state index in [1.807, 2.05) is 24.3 Å². The smallest absolute Gasteiger partial charge is 0.230 e. The van der Waals surface area contributed by atoms with Gasteiger partial charge in [0, 0.05) is 12.3 Å². The normalized spacial score (nSPS) is 14.6. The maximum Gasteiger partial charge on any atom is 0.230 e. The first-order valence-corrected chi connectivity index (χ1v) is 9.49. The number of hydrogen-bond acceptors (Lipinski definition) is 4. The predicted molar refractivity (Wildman–Crippen MR) is 95.2 cm³/mol. The number of carbonyl (C=O) groups excluding carboxylic acids is 1. The Hall–Kier alpha value is -1.51. The van der Waals surface area contributed by atoms with E-state index in [4.69, 9.17) is 5.26 Å². The van der Waals surface area contributed by atoms with Gasteiger partial charge >= 0.3 is 0 Å². The van der Waals surface area contributed by atoms with Gasteiger partial charge < -0.3 is 10.2 Å². The van der Waals surface area contributed by atoms with Gasteiger partial charge in [-0.3, -0.25) is 4.79 Å². The molecular weight excluding hydrogens is 306 g/mol. The Bertz CT molecular complexity index is 518. The fourth-order valence-electron chi connectivity index (χ4n) is 2.68. The monoisotopic (exact) mass is 331 g/mol. The van der Waals surface area contributed by atoms with Crippen molar-refractivity contribution in [2.45, 2.75) is 31.4 Å². The molecule has 0 bridgehead atoms. The third kappa shape index (κ3) is 7.06. The van der Waals surface area contributed by atoms with Crippen molar-refractivity contribution in [3.05, 3.63) is 35.4 Å². The van der Waals surface area contributed by atoms with Crippen molar-refractivity contribution in [2.24, 2.45) is 0 Å². The highest BCUT2D eigenvalue weighted by atomic mass is 32.2. The number of likely N-dealkylation sites (tertiary alicyclic amines) is 1. The average molecular weight is 331 g/mol. The molecule has 0 radical (unpaired) electrons. The van der Waals surface area contributed by atoms with Crippen LogP contribution in [0.15, 0.2) is 24.3 Å². The summed E-state index contributed by atoms with van der Waals surface area (Å²) in [6, 6.07) is 9.63. The number of hydrogen-bond donors (Lipinski definition) is 1. The lowest BCUT2D eigenvalue weighted by Crippen LogP contribution is -2.27. The fraction of sp³-hybridized carbons (Fsp3) is 0.556. The second kappa shape index (κ2) is 10.3. The van der Waals surface area contributed by atoms with E-state index in [2.05, 4.69) is 16.3 Å². The second-order valence-corrected chi connectivity index (χ2v) is 6.89. The van der Waals surface area contributed by atoms with E-state index in [0.29, 0.717) is 11.3 Å². The minimum Gasteiger partial charge on any atom is -0.355 e. The molecule has 0 atom stereocenters. The third-order valence-electron chi connectivity index (χ3n) is 4.01. The van der Waals surface area contributed by atoms with Crippen LogP contribution in [0, 0.1) is 11.3 Å². The molecule has 0 unspecified atom stereocenters. The van der Waals surface area contributed by atoms with Gasteiger partial charge in [-0.1, -0.05) is 12.1 Å². The van der Waals surface area contributed by atoms with Crippen LogP contribution in [0.4, 0.5) is 0 Å². The summed E-state index contributed by atoms with van der Waals surface area (Å²) in [4.78, 5) is 14.3. The highest BCUT2D eigenvalue weighted by Gasteiger charge is 2.10. The molecule has 5 heteroatoms. The molecular formula is C18H25N3OS. The molecule has 0 saturated carbocycles. The predicted octanol–water partition coefficient (Wildman–Crippen LogP) is 2.78. The Labute approximate surface area is 143 Å². The maximum absolute atomic E-state index is 11.8. The zero-order valence-electron chi connectivity index (χ0n) is 13.6. The van der Waals surface area contributed by atoms with Crippen molar-refractivity contribution in [3.8, 4) is 6.07 Å². The highest BCUT2D eigenvalue weighted by Crippen LogP contribution is 2.12. The van der Waals surface area contributed by atoms with Crippen molar-refractivity contribution in [2.75, 3.05) is 31.9 Å². The number of nitrogens with one attached hydrogen (secondary N) is 1. The van der Waals surface area contributed by atoms with Gasteiger partial charge in [0.1, 0.15) is 0 Å². The molecule has 1 N–H and O–H groups in total. The molecule has 2 rings (SSSR count). The van der Waals surface area contributed by atoms with Gasteiger partial charge in [0.2, 0.25) is 5.91 Å². The molecule has 124 valence electrons. The number of nitriles is 1. The molecule has 1 amide bonds. The molecule has 1 fully saturated rings. The van der Waals surface area contributed by atoms with Gasteiger partial charge in [0.25, 0.3) is 0 Å². The number of nitrogens with zero attached hydrogens (tertiary/aromatic N) is 2. The Morgan fingerprint density at radius 2 is 1.96 bits per heavy atom. The molecule has 1 aromatic rings. The van der Waals surface area contributed by atoms with Gasteiger partial charge in [-0.2, -0.15) is 5.26 Å². The Morgan fingerprint density at radius 3 is 2.65 bits per heavy atom. The van der Waals surface area contributed by atoms with Gasteiger partial charge in [0.05, 0.1) is 17.4 Å². The molecule has 0 aliphatic carbocycles. The van der Waals surface area contributed by atoms with Gasteiger partial charge in [-0.15, -0.1) is 11.8 Å². The van der Waals surface area contributed by atoms with E-state index < -0.39 is 0 Å². The summed E-state index contributed by atoms with van der Waals surface area (Å²) in [5.41, 5.74) is 1.82. The van der Waals surface area contributed by atoms with E-state index in [1.165, 1.54) is 38.9 Å². The zero-order valence-corrected chi connectivity index (χ0v) is 14.4. The molecule has 23 heavy (non-hydrogen) atoms. The minimum absolute atomic E-state index is 0.116.